The van der Waals surface area contributed by atoms with Crippen molar-refractivity contribution >= 4 is 17.6 Å². The molecule has 1 aromatic heterocycles. The van der Waals surface area contributed by atoms with Crippen LogP contribution in [0.2, 0.25) is 5.02 Å². The smallest absolute Gasteiger partial charge is 0.317 e. The zero-order valence-electron chi connectivity index (χ0n) is 13.8. The average molecular weight is 344 g/mol. The summed E-state index contributed by atoms with van der Waals surface area (Å²) in [5.74, 6) is 0. The maximum Gasteiger partial charge on any atom is 0.317 e. The van der Waals surface area contributed by atoms with Crippen molar-refractivity contribution < 1.29 is 4.79 Å². The Labute approximate surface area is 147 Å². The van der Waals surface area contributed by atoms with Gasteiger partial charge in [-0.2, -0.15) is 0 Å². The third-order valence-corrected chi connectivity index (χ3v) is 4.97. The van der Waals surface area contributed by atoms with E-state index in [1.54, 1.807) is 17.3 Å². The molecule has 24 heavy (non-hydrogen) atoms. The molecular formula is C19H22ClN3O. The van der Waals surface area contributed by atoms with E-state index in [1.807, 2.05) is 31.3 Å². The highest BCUT2D eigenvalue weighted by atomic mass is 35.5. The fourth-order valence-corrected chi connectivity index (χ4v) is 2.98. The van der Waals surface area contributed by atoms with Crippen LogP contribution in [0.1, 0.15) is 24.0 Å². The van der Waals surface area contributed by atoms with E-state index in [0.717, 1.165) is 24.3 Å². The number of pyridine rings is 1. The lowest BCUT2D eigenvalue weighted by Gasteiger charge is -2.21. The second-order valence-electron chi connectivity index (χ2n) is 6.47. The molecule has 0 aliphatic heterocycles. The van der Waals surface area contributed by atoms with Gasteiger partial charge in [0.15, 0.2) is 0 Å². The number of aromatic nitrogens is 1. The van der Waals surface area contributed by atoms with Crippen molar-refractivity contribution in [3.05, 3.63) is 64.9 Å². The summed E-state index contributed by atoms with van der Waals surface area (Å²) in [5.41, 5.74) is 2.53. The van der Waals surface area contributed by atoms with Crippen LogP contribution in [0.5, 0.6) is 0 Å². The first-order chi connectivity index (χ1) is 11.6. The molecule has 1 aliphatic rings. The maximum atomic E-state index is 12.3. The first-order valence-electron chi connectivity index (χ1n) is 8.23. The van der Waals surface area contributed by atoms with E-state index in [9.17, 15) is 4.79 Å². The van der Waals surface area contributed by atoms with Gasteiger partial charge in [-0.15, -0.1) is 0 Å². The lowest BCUT2D eigenvalue weighted by atomic mass is 9.96. The molecule has 1 heterocycles. The van der Waals surface area contributed by atoms with Crippen LogP contribution >= 0.6 is 11.6 Å². The van der Waals surface area contributed by atoms with Gasteiger partial charge < -0.3 is 10.2 Å². The van der Waals surface area contributed by atoms with Gasteiger partial charge >= 0.3 is 6.03 Å². The second-order valence-corrected chi connectivity index (χ2v) is 6.91. The molecule has 0 bridgehead atoms. The van der Waals surface area contributed by atoms with Crippen molar-refractivity contribution in [2.75, 3.05) is 20.1 Å². The molecule has 1 N–H and O–H groups in total. The van der Waals surface area contributed by atoms with Crippen LogP contribution in [0.3, 0.4) is 0 Å². The van der Waals surface area contributed by atoms with Gasteiger partial charge in [-0.05, 0) is 54.7 Å². The van der Waals surface area contributed by atoms with E-state index in [-0.39, 0.29) is 11.4 Å². The normalized spacial score (nSPS) is 14.9. The molecule has 1 aromatic carbocycles. The first kappa shape index (κ1) is 16.8. The summed E-state index contributed by atoms with van der Waals surface area (Å²) in [4.78, 5) is 18.0. The van der Waals surface area contributed by atoms with E-state index in [4.69, 9.17) is 11.6 Å². The van der Waals surface area contributed by atoms with Crippen LogP contribution in [-0.4, -0.2) is 36.1 Å². The molecule has 0 unspecified atom stereocenters. The summed E-state index contributed by atoms with van der Waals surface area (Å²) in [6.45, 7) is 1.36. The number of rotatable bonds is 6. The summed E-state index contributed by atoms with van der Waals surface area (Å²) in [6.07, 6.45) is 6.59. The average Bonchev–Trinajstić information content (AvgIpc) is 3.40. The molecule has 3 rings (SSSR count). The van der Waals surface area contributed by atoms with Crippen molar-refractivity contribution in [1.82, 2.24) is 15.2 Å². The Morgan fingerprint density at radius 1 is 1.21 bits per heavy atom. The molecule has 2 amide bonds. The van der Waals surface area contributed by atoms with E-state index < -0.39 is 0 Å². The zero-order chi connectivity index (χ0) is 17.0. The van der Waals surface area contributed by atoms with Gasteiger partial charge in [0.05, 0.1) is 0 Å². The summed E-state index contributed by atoms with van der Waals surface area (Å²) in [7, 11) is 1.83. The van der Waals surface area contributed by atoms with Gasteiger partial charge in [0.1, 0.15) is 0 Å². The summed E-state index contributed by atoms with van der Waals surface area (Å²) in [6, 6.07) is 11.9. The van der Waals surface area contributed by atoms with Gasteiger partial charge in [-0.25, -0.2) is 4.79 Å². The third kappa shape index (κ3) is 4.06. The Hall–Kier alpha value is -2.07. The molecule has 5 heteroatoms. The molecule has 0 atom stereocenters. The Morgan fingerprint density at radius 2 is 1.88 bits per heavy atom. The number of urea groups is 1. The van der Waals surface area contributed by atoms with E-state index in [1.165, 1.54) is 11.1 Å². The molecule has 0 radical (unpaired) electrons. The number of likely N-dealkylation sites (N-methyl/N-ethyl adjacent to an activating group) is 1. The first-order valence-corrected chi connectivity index (χ1v) is 8.61. The van der Waals surface area contributed by atoms with Gasteiger partial charge in [-0.1, -0.05) is 23.7 Å². The largest absolute Gasteiger partial charge is 0.337 e. The molecule has 1 fully saturated rings. The van der Waals surface area contributed by atoms with Gasteiger partial charge in [-0.3, -0.25) is 4.98 Å². The third-order valence-electron chi connectivity index (χ3n) is 4.72. The van der Waals surface area contributed by atoms with Crippen molar-refractivity contribution in [1.29, 1.82) is 0 Å². The molecule has 0 spiro atoms. The van der Waals surface area contributed by atoms with Crippen molar-refractivity contribution in [2.45, 2.75) is 24.7 Å². The standard InChI is InChI=1S/C19H22ClN3O/c1-23(13-8-15-6-11-21-12-7-15)18(24)22-14-19(9-10-19)16-2-4-17(20)5-3-16/h2-7,11-12H,8-10,13-14H2,1H3,(H,22,24). The SMILES string of the molecule is CN(CCc1ccncc1)C(=O)NCC1(c2ccc(Cl)cc2)CC1. The quantitative estimate of drug-likeness (QED) is 0.870. The van der Waals surface area contributed by atoms with E-state index >= 15 is 0 Å². The molecule has 126 valence electrons. The minimum atomic E-state index is -0.0238. The number of carbonyl (C=O) groups excluding carboxylic acids is 1. The van der Waals surface area contributed by atoms with Gasteiger partial charge in [0.25, 0.3) is 0 Å². The van der Waals surface area contributed by atoms with Crippen LogP contribution in [0.4, 0.5) is 4.79 Å². The number of benzene rings is 1. The minimum absolute atomic E-state index is 0.0238. The molecule has 4 nitrogen and oxygen atoms in total. The van der Waals surface area contributed by atoms with Crippen molar-refractivity contribution in [3.63, 3.8) is 0 Å². The Balaban J connectivity index is 1.49. The van der Waals surface area contributed by atoms with Gasteiger partial charge in [0.2, 0.25) is 0 Å². The highest BCUT2D eigenvalue weighted by molar-refractivity contribution is 6.30. The lowest BCUT2D eigenvalue weighted by Crippen LogP contribution is -2.41. The number of hydrogen-bond acceptors (Lipinski definition) is 2. The Kier molecular flexibility index (Phi) is 5.05. The number of halogens is 1. The fraction of sp³-hybridized carbons (Fsp3) is 0.368. The van der Waals surface area contributed by atoms with Crippen LogP contribution in [0, 0.1) is 0 Å². The highest BCUT2D eigenvalue weighted by Crippen LogP contribution is 2.47. The molecule has 1 saturated carbocycles. The van der Waals surface area contributed by atoms with Crippen LogP contribution in [0.15, 0.2) is 48.8 Å². The van der Waals surface area contributed by atoms with Crippen LogP contribution in [0.25, 0.3) is 0 Å². The Bertz CT molecular complexity index is 684. The second kappa shape index (κ2) is 7.22. The molecule has 2 aromatic rings. The highest BCUT2D eigenvalue weighted by Gasteiger charge is 2.44. The van der Waals surface area contributed by atoms with Crippen LogP contribution < -0.4 is 5.32 Å². The maximum absolute atomic E-state index is 12.3. The van der Waals surface area contributed by atoms with Crippen molar-refractivity contribution in [3.8, 4) is 0 Å². The van der Waals surface area contributed by atoms with Crippen LogP contribution in [-0.2, 0) is 11.8 Å². The summed E-state index contributed by atoms with van der Waals surface area (Å²) < 4.78 is 0. The molecular weight excluding hydrogens is 322 g/mol. The topological polar surface area (TPSA) is 45.2 Å². The van der Waals surface area contributed by atoms with E-state index in [2.05, 4.69) is 22.4 Å². The zero-order valence-corrected chi connectivity index (χ0v) is 14.6. The van der Waals surface area contributed by atoms with E-state index in [0.29, 0.717) is 13.1 Å². The Morgan fingerprint density at radius 3 is 2.50 bits per heavy atom. The van der Waals surface area contributed by atoms with Crippen molar-refractivity contribution in [2.24, 2.45) is 0 Å². The number of hydrogen-bond donors (Lipinski definition) is 1. The predicted molar refractivity (Wildman–Crippen MR) is 96.3 cm³/mol. The fourth-order valence-electron chi connectivity index (χ4n) is 2.85. The monoisotopic (exact) mass is 343 g/mol. The molecule has 0 saturated heterocycles. The molecule has 1 aliphatic carbocycles. The van der Waals surface area contributed by atoms with Gasteiger partial charge in [0, 0.05) is 43.0 Å². The summed E-state index contributed by atoms with van der Waals surface area (Å²) >= 11 is 5.96. The number of amides is 2. The lowest BCUT2D eigenvalue weighted by molar-refractivity contribution is 0.208. The minimum Gasteiger partial charge on any atom is -0.337 e. The summed E-state index contributed by atoms with van der Waals surface area (Å²) in [5, 5.41) is 3.82. The number of carbonyl (C=O) groups is 1. The number of nitrogens with zero attached hydrogens (tertiary/aromatic N) is 2. The number of nitrogens with one attached hydrogen (secondary N) is 1. The predicted octanol–water partition coefficient (Wildman–Crippen LogP) is 3.65.